The lowest BCUT2D eigenvalue weighted by Gasteiger charge is -2.07. The maximum atomic E-state index is 12.2. The zero-order chi connectivity index (χ0) is 19.0. The number of esters is 1. The Hall–Kier alpha value is -3.43. The fourth-order valence-corrected chi connectivity index (χ4v) is 3.34. The molecule has 0 aliphatic carbocycles. The van der Waals surface area contributed by atoms with E-state index >= 15 is 0 Å². The quantitative estimate of drug-likeness (QED) is 0.506. The summed E-state index contributed by atoms with van der Waals surface area (Å²) in [5, 5.41) is 11.4. The number of benzene rings is 1. The fraction of sp³-hybridized carbons (Fsp3) is 0.100. The van der Waals surface area contributed by atoms with E-state index < -0.39 is 5.97 Å². The molecular formula is C20H13ClN4O2. The molecule has 7 heteroatoms. The van der Waals surface area contributed by atoms with E-state index in [9.17, 15) is 10.1 Å². The van der Waals surface area contributed by atoms with Crippen LogP contribution in [0.3, 0.4) is 0 Å². The van der Waals surface area contributed by atoms with Crippen molar-refractivity contribution in [3.05, 3.63) is 70.8 Å². The third-order valence-electron chi connectivity index (χ3n) is 4.38. The predicted molar refractivity (Wildman–Crippen MR) is 102 cm³/mol. The van der Waals surface area contributed by atoms with Crippen molar-refractivity contribution in [3.63, 3.8) is 0 Å². The average molecular weight is 377 g/mol. The number of ether oxygens (including phenoxy) is 1. The lowest BCUT2D eigenvalue weighted by molar-refractivity contribution is 0.0602. The Morgan fingerprint density at radius 2 is 2.15 bits per heavy atom. The van der Waals surface area contributed by atoms with Gasteiger partial charge in [-0.1, -0.05) is 17.7 Å². The molecule has 0 saturated heterocycles. The van der Waals surface area contributed by atoms with Gasteiger partial charge in [0.2, 0.25) is 0 Å². The van der Waals surface area contributed by atoms with Crippen LogP contribution in [0.25, 0.3) is 21.8 Å². The summed E-state index contributed by atoms with van der Waals surface area (Å²) in [4.78, 5) is 20.6. The normalized spacial score (nSPS) is 10.9. The molecule has 132 valence electrons. The highest BCUT2D eigenvalue weighted by molar-refractivity contribution is 6.31. The topological polar surface area (TPSA) is 80.8 Å². The molecule has 4 aromatic rings. The fourth-order valence-electron chi connectivity index (χ4n) is 3.17. The molecule has 3 aromatic heterocycles. The van der Waals surface area contributed by atoms with Crippen molar-refractivity contribution in [2.24, 2.45) is 0 Å². The molecule has 1 aromatic carbocycles. The Morgan fingerprint density at radius 1 is 1.30 bits per heavy atom. The Kier molecular flexibility index (Phi) is 4.22. The van der Waals surface area contributed by atoms with Crippen LogP contribution in [0.1, 0.15) is 21.5 Å². The van der Waals surface area contributed by atoms with Crippen molar-refractivity contribution in [2.75, 3.05) is 7.11 Å². The average Bonchev–Trinajstić information content (AvgIpc) is 3.05. The molecule has 0 amide bonds. The molecule has 0 aliphatic rings. The number of carbonyl (C=O) groups is 1. The van der Waals surface area contributed by atoms with Crippen LogP contribution < -0.4 is 0 Å². The first-order valence-electron chi connectivity index (χ1n) is 8.10. The molecule has 0 radical (unpaired) electrons. The first kappa shape index (κ1) is 17.0. The number of fused-ring (bicyclic) bond motifs is 2. The summed E-state index contributed by atoms with van der Waals surface area (Å²) >= 11 is 6.04. The Balaban J connectivity index is 1.85. The Morgan fingerprint density at radius 3 is 2.93 bits per heavy atom. The van der Waals surface area contributed by atoms with Crippen molar-refractivity contribution in [3.8, 4) is 6.07 Å². The molecule has 4 rings (SSSR count). The minimum Gasteiger partial charge on any atom is -0.465 e. The highest BCUT2D eigenvalue weighted by atomic mass is 35.5. The van der Waals surface area contributed by atoms with Gasteiger partial charge in [-0.25, -0.2) is 4.79 Å². The molecule has 0 unspecified atom stereocenters. The highest BCUT2D eigenvalue weighted by Gasteiger charge is 2.19. The lowest BCUT2D eigenvalue weighted by Crippen LogP contribution is -2.01. The van der Waals surface area contributed by atoms with Gasteiger partial charge in [0.05, 0.1) is 40.5 Å². The molecule has 0 atom stereocenters. The standard InChI is InChI=1S/C20H13ClN4O2/c1-27-20(26)16-11-25(18-9-23-7-14(6-22)19(16)18)10-12-2-3-17-13(4-12)5-15(21)8-24-17/h2-5,7-9,11H,10H2,1H3. The SMILES string of the molecule is COC(=O)c1cn(Cc2ccc3ncc(Cl)cc3c2)c2cncc(C#N)c12. The zero-order valence-electron chi connectivity index (χ0n) is 14.3. The summed E-state index contributed by atoms with van der Waals surface area (Å²) in [6.45, 7) is 0.493. The summed E-state index contributed by atoms with van der Waals surface area (Å²) in [7, 11) is 1.32. The van der Waals surface area contributed by atoms with E-state index in [1.807, 2.05) is 28.8 Å². The maximum absolute atomic E-state index is 12.2. The number of hydrogen-bond acceptors (Lipinski definition) is 5. The van der Waals surface area contributed by atoms with E-state index in [4.69, 9.17) is 16.3 Å². The number of methoxy groups -OCH3 is 1. The van der Waals surface area contributed by atoms with Gasteiger partial charge in [-0.2, -0.15) is 5.26 Å². The monoisotopic (exact) mass is 376 g/mol. The molecular weight excluding hydrogens is 364 g/mol. The van der Waals surface area contributed by atoms with Crippen LogP contribution in [0.4, 0.5) is 0 Å². The Labute approximate surface area is 159 Å². The molecule has 0 spiro atoms. The lowest BCUT2D eigenvalue weighted by atomic mass is 10.1. The van der Waals surface area contributed by atoms with Gasteiger partial charge in [-0.15, -0.1) is 0 Å². The van der Waals surface area contributed by atoms with E-state index in [-0.39, 0.29) is 0 Å². The number of pyridine rings is 2. The highest BCUT2D eigenvalue weighted by Crippen LogP contribution is 2.26. The van der Waals surface area contributed by atoms with Crippen LogP contribution >= 0.6 is 11.6 Å². The summed E-state index contributed by atoms with van der Waals surface area (Å²) in [6, 6.07) is 9.84. The molecule has 27 heavy (non-hydrogen) atoms. The molecule has 0 saturated carbocycles. The van der Waals surface area contributed by atoms with Crippen molar-refractivity contribution in [1.29, 1.82) is 5.26 Å². The van der Waals surface area contributed by atoms with Gasteiger partial charge >= 0.3 is 5.97 Å². The second-order valence-electron chi connectivity index (χ2n) is 6.04. The number of carbonyl (C=O) groups excluding carboxylic acids is 1. The van der Waals surface area contributed by atoms with Gasteiger partial charge in [-0.05, 0) is 23.8 Å². The molecule has 0 fully saturated rings. The molecule has 6 nitrogen and oxygen atoms in total. The first-order chi connectivity index (χ1) is 13.1. The summed E-state index contributed by atoms with van der Waals surface area (Å²) < 4.78 is 6.76. The van der Waals surface area contributed by atoms with E-state index in [0.717, 1.165) is 16.5 Å². The molecule has 3 heterocycles. The van der Waals surface area contributed by atoms with Gasteiger partial charge in [0.1, 0.15) is 6.07 Å². The van der Waals surface area contributed by atoms with Crippen LogP contribution in [0.5, 0.6) is 0 Å². The zero-order valence-corrected chi connectivity index (χ0v) is 15.1. The van der Waals surface area contributed by atoms with Crippen molar-refractivity contribution < 1.29 is 9.53 Å². The summed E-state index contributed by atoms with van der Waals surface area (Å²) in [5.74, 6) is -0.490. The third-order valence-corrected chi connectivity index (χ3v) is 4.59. The van der Waals surface area contributed by atoms with Crippen LogP contribution in [0, 0.1) is 11.3 Å². The second-order valence-corrected chi connectivity index (χ2v) is 6.47. The number of aromatic nitrogens is 3. The van der Waals surface area contributed by atoms with Gasteiger partial charge in [0.25, 0.3) is 0 Å². The third kappa shape index (κ3) is 2.98. The van der Waals surface area contributed by atoms with E-state index in [1.54, 1.807) is 18.6 Å². The maximum Gasteiger partial charge on any atom is 0.340 e. The number of halogens is 1. The number of nitrogens with zero attached hydrogens (tertiary/aromatic N) is 4. The molecule has 0 aliphatic heterocycles. The Bertz CT molecular complexity index is 1240. The van der Waals surface area contributed by atoms with E-state index in [2.05, 4.69) is 16.0 Å². The van der Waals surface area contributed by atoms with E-state index in [0.29, 0.717) is 33.6 Å². The molecule has 0 N–H and O–H groups in total. The van der Waals surface area contributed by atoms with Crippen LogP contribution in [-0.2, 0) is 11.3 Å². The smallest absolute Gasteiger partial charge is 0.340 e. The van der Waals surface area contributed by atoms with Crippen molar-refractivity contribution >= 4 is 39.4 Å². The number of hydrogen-bond donors (Lipinski definition) is 0. The van der Waals surface area contributed by atoms with E-state index in [1.165, 1.54) is 13.3 Å². The number of rotatable bonds is 3. The van der Waals surface area contributed by atoms with Crippen molar-refractivity contribution in [2.45, 2.75) is 6.54 Å². The van der Waals surface area contributed by atoms with Crippen LogP contribution in [0.15, 0.2) is 49.1 Å². The first-order valence-corrected chi connectivity index (χ1v) is 8.48. The number of nitriles is 1. The minimum atomic E-state index is -0.490. The summed E-state index contributed by atoms with van der Waals surface area (Å²) in [6.07, 6.45) is 6.39. The largest absolute Gasteiger partial charge is 0.465 e. The minimum absolute atomic E-state index is 0.334. The summed E-state index contributed by atoms with van der Waals surface area (Å²) in [5.41, 5.74) is 3.23. The molecule has 0 bridgehead atoms. The van der Waals surface area contributed by atoms with Gasteiger partial charge < -0.3 is 9.30 Å². The van der Waals surface area contributed by atoms with Crippen LogP contribution in [-0.4, -0.2) is 27.6 Å². The van der Waals surface area contributed by atoms with Crippen molar-refractivity contribution in [1.82, 2.24) is 14.5 Å². The van der Waals surface area contributed by atoms with Gasteiger partial charge in [0.15, 0.2) is 0 Å². The second kappa shape index (κ2) is 6.71. The van der Waals surface area contributed by atoms with Crippen LogP contribution in [0.2, 0.25) is 5.02 Å². The predicted octanol–water partition coefficient (Wildman–Crippen LogP) is 3.94. The van der Waals surface area contributed by atoms with Gasteiger partial charge in [0, 0.05) is 35.9 Å². The van der Waals surface area contributed by atoms with Gasteiger partial charge in [-0.3, -0.25) is 9.97 Å².